The van der Waals surface area contributed by atoms with Crippen molar-refractivity contribution in [2.24, 2.45) is 5.92 Å². The Bertz CT molecular complexity index is 229. The summed E-state index contributed by atoms with van der Waals surface area (Å²) in [6.45, 7) is 11.8. The van der Waals surface area contributed by atoms with Crippen molar-refractivity contribution in [1.82, 2.24) is 9.80 Å². The molecular weight excluding hydrogens is 224 g/mol. The zero-order chi connectivity index (χ0) is 13.4. The average Bonchev–Trinajstić information content (AvgIpc) is 2.37. The van der Waals surface area contributed by atoms with Crippen molar-refractivity contribution in [3.63, 3.8) is 0 Å². The fraction of sp³-hybridized carbons (Fsp3) is 0.933. The molecule has 0 bridgehead atoms. The van der Waals surface area contributed by atoms with E-state index in [1.807, 2.05) is 0 Å². The lowest BCUT2D eigenvalue weighted by Gasteiger charge is -2.31. The van der Waals surface area contributed by atoms with Crippen molar-refractivity contribution in [2.75, 3.05) is 32.7 Å². The highest BCUT2D eigenvalue weighted by atomic mass is 16.2. The summed E-state index contributed by atoms with van der Waals surface area (Å²) in [6.07, 6.45) is 5.41. The normalized spacial score (nSPS) is 17.4. The van der Waals surface area contributed by atoms with Crippen LogP contribution in [0.3, 0.4) is 0 Å². The highest BCUT2D eigenvalue weighted by Gasteiger charge is 2.20. The Hall–Kier alpha value is -0.570. The molecule has 0 radical (unpaired) electrons. The van der Waals surface area contributed by atoms with Gasteiger partial charge in [-0.25, -0.2) is 0 Å². The van der Waals surface area contributed by atoms with Crippen LogP contribution in [0.5, 0.6) is 0 Å². The molecule has 3 nitrogen and oxygen atoms in total. The Morgan fingerprint density at radius 1 is 1.11 bits per heavy atom. The molecule has 18 heavy (non-hydrogen) atoms. The first kappa shape index (κ1) is 15.5. The van der Waals surface area contributed by atoms with Crippen LogP contribution >= 0.6 is 0 Å². The molecule has 0 unspecified atom stereocenters. The molecule has 0 N–H and O–H groups in total. The Kier molecular flexibility index (Phi) is 7.33. The number of likely N-dealkylation sites (tertiary alicyclic amines) is 1. The first-order valence-corrected chi connectivity index (χ1v) is 7.67. The van der Waals surface area contributed by atoms with Crippen LogP contribution in [0.2, 0.25) is 0 Å². The summed E-state index contributed by atoms with van der Waals surface area (Å²) in [5.41, 5.74) is 0. The van der Waals surface area contributed by atoms with E-state index in [1.165, 1.54) is 25.7 Å². The second-order valence-corrected chi connectivity index (χ2v) is 5.65. The summed E-state index contributed by atoms with van der Waals surface area (Å²) in [7, 11) is 0. The minimum absolute atomic E-state index is 0.360. The predicted molar refractivity (Wildman–Crippen MR) is 76.6 cm³/mol. The van der Waals surface area contributed by atoms with Gasteiger partial charge in [0, 0.05) is 26.1 Å². The smallest absolute Gasteiger partial charge is 0.223 e. The van der Waals surface area contributed by atoms with Gasteiger partial charge in [-0.3, -0.25) is 4.79 Å². The van der Waals surface area contributed by atoms with Gasteiger partial charge in [0.25, 0.3) is 0 Å². The molecule has 3 heteroatoms. The SMILES string of the molecule is CCCN(CCC)CCC(=O)N1CCC(C)CC1. The first-order chi connectivity index (χ1) is 8.67. The van der Waals surface area contributed by atoms with E-state index >= 15 is 0 Å². The molecule has 0 spiro atoms. The third-order valence-electron chi connectivity index (χ3n) is 3.86. The fourth-order valence-electron chi connectivity index (χ4n) is 2.64. The lowest BCUT2D eigenvalue weighted by molar-refractivity contribution is -0.132. The van der Waals surface area contributed by atoms with E-state index in [0.717, 1.165) is 38.6 Å². The molecule has 0 aliphatic carbocycles. The third-order valence-corrected chi connectivity index (χ3v) is 3.86. The maximum atomic E-state index is 12.1. The Labute approximate surface area is 113 Å². The molecule has 0 aromatic rings. The second-order valence-electron chi connectivity index (χ2n) is 5.65. The van der Waals surface area contributed by atoms with E-state index in [4.69, 9.17) is 0 Å². The number of carbonyl (C=O) groups is 1. The molecule has 0 aromatic heterocycles. The van der Waals surface area contributed by atoms with Crippen molar-refractivity contribution < 1.29 is 4.79 Å². The van der Waals surface area contributed by atoms with E-state index < -0.39 is 0 Å². The Morgan fingerprint density at radius 3 is 2.17 bits per heavy atom. The first-order valence-electron chi connectivity index (χ1n) is 7.67. The van der Waals surface area contributed by atoms with Gasteiger partial charge < -0.3 is 9.80 Å². The van der Waals surface area contributed by atoms with Gasteiger partial charge in [0.2, 0.25) is 5.91 Å². The molecule has 1 aliphatic rings. The molecule has 1 saturated heterocycles. The lowest BCUT2D eigenvalue weighted by Crippen LogP contribution is -2.39. The quantitative estimate of drug-likeness (QED) is 0.697. The summed E-state index contributed by atoms with van der Waals surface area (Å²) in [4.78, 5) is 16.6. The summed E-state index contributed by atoms with van der Waals surface area (Å²) in [6, 6.07) is 0. The van der Waals surface area contributed by atoms with Crippen molar-refractivity contribution in [3.8, 4) is 0 Å². The van der Waals surface area contributed by atoms with Gasteiger partial charge in [-0.05, 0) is 44.7 Å². The minimum Gasteiger partial charge on any atom is -0.343 e. The maximum Gasteiger partial charge on any atom is 0.223 e. The number of carbonyl (C=O) groups excluding carboxylic acids is 1. The predicted octanol–water partition coefficient (Wildman–Crippen LogP) is 2.76. The van der Waals surface area contributed by atoms with Crippen LogP contribution in [0.25, 0.3) is 0 Å². The number of hydrogen-bond donors (Lipinski definition) is 0. The van der Waals surface area contributed by atoms with Crippen LogP contribution in [0.4, 0.5) is 0 Å². The third kappa shape index (κ3) is 5.38. The molecule has 0 atom stereocenters. The van der Waals surface area contributed by atoms with E-state index in [-0.39, 0.29) is 0 Å². The van der Waals surface area contributed by atoms with E-state index in [0.29, 0.717) is 12.3 Å². The van der Waals surface area contributed by atoms with Gasteiger partial charge >= 0.3 is 0 Å². The molecule has 1 fully saturated rings. The maximum absolute atomic E-state index is 12.1. The van der Waals surface area contributed by atoms with Crippen LogP contribution < -0.4 is 0 Å². The summed E-state index contributed by atoms with van der Waals surface area (Å²) >= 11 is 0. The van der Waals surface area contributed by atoms with Crippen LogP contribution in [0.1, 0.15) is 52.9 Å². The van der Waals surface area contributed by atoms with Crippen molar-refractivity contribution in [3.05, 3.63) is 0 Å². The highest BCUT2D eigenvalue weighted by molar-refractivity contribution is 5.76. The molecule has 1 heterocycles. The van der Waals surface area contributed by atoms with Crippen LogP contribution in [0.15, 0.2) is 0 Å². The van der Waals surface area contributed by atoms with Gasteiger partial charge in [0.1, 0.15) is 0 Å². The topological polar surface area (TPSA) is 23.6 Å². The molecule has 1 amide bonds. The zero-order valence-corrected chi connectivity index (χ0v) is 12.5. The van der Waals surface area contributed by atoms with Gasteiger partial charge in [0.15, 0.2) is 0 Å². The number of hydrogen-bond acceptors (Lipinski definition) is 2. The Balaban J connectivity index is 2.26. The van der Waals surface area contributed by atoms with Crippen molar-refractivity contribution >= 4 is 5.91 Å². The van der Waals surface area contributed by atoms with Gasteiger partial charge in [0.05, 0.1) is 0 Å². The van der Waals surface area contributed by atoms with Gasteiger partial charge in [-0.1, -0.05) is 20.8 Å². The summed E-state index contributed by atoms with van der Waals surface area (Å²) in [5.74, 6) is 1.16. The highest BCUT2D eigenvalue weighted by Crippen LogP contribution is 2.16. The standard InChI is InChI=1S/C15H30N2O/c1-4-9-16(10-5-2)11-8-15(18)17-12-6-14(3)7-13-17/h14H,4-13H2,1-3H3. The van der Waals surface area contributed by atoms with Crippen LogP contribution in [0, 0.1) is 5.92 Å². The molecular formula is C15H30N2O. The lowest BCUT2D eigenvalue weighted by atomic mass is 9.99. The number of piperidine rings is 1. The fourth-order valence-corrected chi connectivity index (χ4v) is 2.64. The molecule has 1 rings (SSSR count). The molecule has 0 saturated carbocycles. The summed E-state index contributed by atoms with van der Waals surface area (Å²) < 4.78 is 0. The van der Waals surface area contributed by atoms with Gasteiger partial charge in [-0.2, -0.15) is 0 Å². The number of rotatable bonds is 7. The van der Waals surface area contributed by atoms with E-state index in [1.54, 1.807) is 0 Å². The zero-order valence-electron chi connectivity index (χ0n) is 12.5. The Morgan fingerprint density at radius 2 is 1.67 bits per heavy atom. The molecule has 106 valence electrons. The molecule has 1 aliphatic heterocycles. The van der Waals surface area contributed by atoms with Gasteiger partial charge in [-0.15, -0.1) is 0 Å². The van der Waals surface area contributed by atoms with Crippen LogP contribution in [-0.4, -0.2) is 48.4 Å². The molecule has 0 aromatic carbocycles. The second kappa shape index (κ2) is 8.52. The van der Waals surface area contributed by atoms with E-state index in [2.05, 4.69) is 30.6 Å². The average molecular weight is 254 g/mol. The number of nitrogens with zero attached hydrogens (tertiary/aromatic N) is 2. The van der Waals surface area contributed by atoms with Crippen molar-refractivity contribution in [1.29, 1.82) is 0 Å². The largest absolute Gasteiger partial charge is 0.343 e. The summed E-state index contributed by atoms with van der Waals surface area (Å²) in [5, 5.41) is 0. The monoisotopic (exact) mass is 254 g/mol. The van der Waals surface area contributed by atoms with E-state index in [9.17, 15) is 4.79 Å². The minimum atomic E-state index is 0.360. The van der Waals surface area contributed by atoms with Crippen molar-refractivity contribution in [2.45, 2.75) is 52.9 Å². The number of amides is 1. The van der Waals surface area contributed by atoms with Crippen LogP contribution in [-0.2, 0) is 4.79 Å².